The molecule has 1 N–H and O–H groups in total. The molecular formula is C12H16BrNO. The maximum Gasteiger partial charge on any atom is 0.0643 e. The van der Waals surface area contributed by atoms with Crippen LogP contribution in [-0.4, -0.2) is 19.3 Å². The first kappa shape index (κ1) is 11.1. The van der Waals surface area contributed by atoms with Gasteiger partial charge in [-0.1, -0.05) is 35.0 Å². The maximum absolute atomic E-state index is 5.17. The van der Waals surface area contributed by atoms with E-state index in [2.05, 4.69) is 52.4 Å². The Morgan fingerprint density at radius 1 is 1.53 bits per heavy atom. The van der Waals surface area contributed by atoms with Crippen LogP contribution < -0.4 is 5.32 Å². The second-order valence-electron chi connectivity index (χ2n) is 3.92. The number of hydrogen-bond acceptors (Lipinski definition) is 2. The van der Waals surface area contributed by atoms with Gasteiger partial charge in [-0.05, 0) is 24.1 Å². The average Bonchev–Trinajstić information content (AvgIpc) is 2.16. The van der Waals surface area contributed by atoms with E-state index in [-0.39, 0.29) is 0 Å². The fourth-order valence-electron chi connectivity index (χ4n) is 1.79. The first-order chi connectivity index (χ1) is 7.29. The van der Waals surface area contributed by atoms with E-state index in [0.717, 1.165) is 24.1 Å². The summed E-state index contributed by atoms with van der Waals surface area (Å²) in [5.41, 5.74) is 1.35. The molecule has 3 heteroatoms. The number of ether oxygens (including phenoxy) is 1. The largest absolute Gasteiger partial charge is 0.378 e. The van der Waals surface area contributed by atoms with Crippen LogP contribution in [0.4, 0.5) is 0 Å². The summed E-state index contributed by atoms with van der Waals surface area (Å²) in [7, 11) is 0. The molecule has 0 aliphatic carbocycles. The van der Waals surface area contributed by atoms with Gasteiger partial charge in [-0.2, -0.15) is 0 Å². The summed E-state index contributed by atoms with van der Waals surface area (Å²) >= 11 is 3.50. The Balaban J connectivity index is 2.04. The van der Waals surface area contributed by atoms with Crippen molar-refractivity contribution in [2.75, 3.05) is 13.2 Å². The van der Waals surface area contributed by atoms with E-state index in [1.54, 1.807) is 0 Å². The molecule has 0 saturated carbocycles. The molecule has 0 aromatic heterocycles. The van der Waals surface area contributed by atoms with Crippen LogP contribution in [0.25, 0.3) is 0 Å². The summed E-state index contributed by atoms with van der Waals surface area (Å²) in [6.45, 7) is 3.91. The summed E-state index contributed by atoms with van der Waals surface area (Å²) in [4.78, 5) is 0. The first-order valence-corrected chi connectivity index (χ1v) is 6.18. The van der Waals surface area contributed by atoms with Crippen molar-refractivity contribution in [3.8, 4) is 0 Å². The van der Waals surface area contributed by atoms with Crippen LogP contribution >= 0.6 is 15.9 Å². The van der Waals surface area contributed by atoms with Gasteiger partial charge < -0.3 is 10.1 Å². The zero-order chi connectivity index (χ0) is 10.7. The highest BCUT2D eigenvalue weighted by Gasteiger charge is 2.21. The maximum atomic E-state index is 5.17. The minimum Gasteiger partial charge on any atom is -0.378 e. The van der Waals surface area contributed by atoms with Gasteiger partial charge in [0.25, 0.3) is 0 Å². The standard InChI is InChI=1S/C12H16BrNO/c1-2-12(14-11-7-15-8-11)9-4-3-5-10(13)6-9/h3-6,11-12,14H,2,7-8H2,1H3. The Morgan fingerprint density at radius 2 is 2.33 bits per heavy atom. The lowest BCUT2D eigenvalue weighted by molar-refractivity contribution is -0.0103. The molecule has 0 bridgehead atoms. The molecule has 1 fully saturated rings. The van der Waals surface area contributed by atoms with Gasteiger partial charge in [0.15, 0.2) is 0 Å². The van der Waals surface area contributed by atoms with Crippen molar-refractivity contribution in [3.63, 3.8) is 0 Å². The second kappa shape index (κ2) is 5.10. The Hall–Kier alpha value is -0.380. The topological polar surface area (TPSA) is 21.3 Å². The zero-order valence-corrected chi connectivity index (χ0v) is 10.5. The highest BCUT2D eigenvalue weighted by atomic mass is 79.9. The van der Waals surface area contributed by atoms with E-state index in [4.69, 9.17) is 4.74 Å². The van der Waals surface area contributed by atoms with E-state index in [9.17, 15) is 0 Å². The second-order valence-corrected chi connectivity index (χ2v) is 4.83. The molecule has 1 aromatic carbocycles. The Kier molecular flexibility index (Phi) is 3.78. The monoisotopic (exact) mass is 269 g/mol. The molecule has 1 unspecified atom stereocenters. The lowest BCUT2D eigenvalue weighted by Crippen LogP contribution is -2.47. The quantitative estimate of drug-likeness (QED) is 0.908. The van der Waals surface area contributed by atoms with Crippen molar-refractivity contribution >= 4 is 15.9 Å². The third-order valence-electron chi connectivity index (χ3n) is 2.73. The third-order valence-corrected chi connectivity index (χ3v) is 3.23. The molecule has 2 nitrogen and oxygen atoms in total. The molecule has 1 aliphatic heterocycles. The molecule has 2 rings (SSSR count). The van der Waals surface area contributed by atoms with Crippen LogP contribution in [0.3, 0.4) is 0 Å². The summed E-state index contributed by atoms with van der Waals surface area (Å²) < 4.78 is 6.31. The van der Waals surface area contributed by atoms with Gasteiger partial charge in [0.1, 0.15) is 0 Å². The SMILES string of the molecule is CCC(NC1COC1)c1cccc(Br)c1. The number of benzene rings is 1. The molecule has 15 heavy (non-hydrogen) atoms. The van der Waals surface area contributed by atoms with Gasteiger partial charge in [0, 0.05) is 10.5 Å². The van der Waals surface area contributed by atoms with Crippen molar-refractivity contribution in [1.82, 2.24) is 5.32 Å². The summed E-state index contributed by atoms with van der Waals surface area (Å²) in [5.74, 6) is 0. The predicted molar refractivity (Wildman–Crippen MR) is 64.9 cm³/mol. The van der Waals surface area contributed by atoms with Crippen LogP contribution in [-0.2, 0) is 4.74 Å². The molecule has 1 aromatic rings. The van der Waals surface area contributed by atoms with Gasteiger partial charge in [-0.3, -0.25) is 0 Å². The van der Waals surface area contributed by atoms with Crippen molar-refractivity contribution in [1.29, 1.82) is 0 Å². The predicted octanol–water partition coefficient (Wildman–Crippen LogP) is 2.89. The Labute approximate surface area is 99.1 Å². The van der Waals surface area contributed by atoms with Gasteiger partial charge in [-0.25, -0.2) is 0 Å². The summed E-state index contributed by atoms with van der Waals surface area (Å²) in [6.07, 6.45) is 1.10. The Bertz CT molecular complexity index is 325. The normalized spacial score (nSPS) is 18.5. The van der Waals surface area contributed by atoms with Crippen LogP contribution in [0.1, 0.15) is 24.9 Å². The van der Waals surface area contributed by atoms with Gasteiger partial charge in [0.2, 0.25) is 0 Å². The number of halogens is 1. The van der Waals surface area contributed by atoms with Crippen LogP contribution in [0, 0.1) is 0 Å². The van der Waals surface area contributed by atoms with Crippen LogP contribution in [0.2, 0.25) is 0 Å². The van der Waals surface area contributed by atoms with Crippen molar-refractivity contribution in [3.05, 3.63) is 34.3 Å². The third kappa shape index (κ3) is 2.80. The van der Waals surface area contributed by atoms with E-state index in [1.807, 2.05) is 0 Å². The molecule has 1 atom stereocenters. The molecule has 82 valence electrons. The van der Waals surface area contributed by atoms with E-state index in [0.29, 0.717) is 12.1 Å². The average molecular weight is 270 g/mol. The zero-order valence-electron chi connectivity index (χ0n) is 8.87. The highest BCUT2D eigenvalue weighted by Crippen LogP contribution is 2.22. The number of nitrogens with one attached hydrogen (secondary N) is 1. The minimum atomic E-state index is 0.441. The fraction of sp³-hybridized carbons (Fsp3) is 0.500. The highest BCUT2D eigenvalue weighted by molar-refractivity contribution is 9.10. The number of hydrogen-bond donors (Lipinski definition) is 1. The molecule has 0 radical (unpaired) electrons. The van der Waals surface area contributed by atoms with Crippen molar-refractivity contribution in [2.24, 2.45) is 0 Å². The first-order valence-electron chi connectivity index (χ1n) is 5.39. The van der Waals surface area contributed by atoms with Crippen LogP contribution in [0.5, 0.6) is 0 Å². The van der Waals surface area contributed by atoms with Crippen LogP contribution in [0.15, 0.2) is 28.7 Å². The lowest BCUT2D eigenvalue weighted by atomic mass is 10.0. The van der Waals surface area contributed by atoms with E-state index >= 15 is 0 Å². The molecular weight excluding hydrogens is 254 g/mol. The lowest BCUT2D eigenvalue weighted by Gasteiger charge is -2.31. The van der Waals surface area contributed by atoms with E-state index < -0.39 is 0 Å². The van der Waals surface area contributed by atoms with E-state index in [1.165, 1.54) is 5.56 Å². The Morgan fingerprint density at radius 3 is 2.87 bits per heavy atom. The molecule has 1 aliphatic rings. The fourth-order valence-corrected chi connectivity index (χ4v) is 2.21. The van der Waals surface area contributed by atoms with Gasteiger partial charge in [-0.15, -0.1) is 0 Å². The molecule has 0 spiro atoms. The van der Waals surface area contributed by atoms with Crippen molar-refractivity contribution < 1.29 is 4.74 Å². The number of rotatable bonds is 4. The molecule has 1 saturated heterocycles. The molecule has 1 heterocycles. The smallest absolute Gasteiger partial charge is 0.0643 e. The summed E-state index contributed by atoms with van der Waals surface area (Å²) in [6, 6.07) is 9.47. The summed E-state index contributed by atoms with van der Waals surface area (Å²) in [5, 5.41) is 3.60. The minimum absolute atomic E-state index is 0.441. The van der Waals surface area contributed by atoms with Gasteiger partial charge >= 0.3 is 0 Å². The van der Waals surface area contributed by atoms with Crippen molar-refractivity contribution in [2.45, 2.75) is 25.4 Å². The van der Waals surface area contributed by atoms with Gasteiger partial charge in [0.05, 0.1) is 19.3 Å². The molecule has 0 amide bonds.